The molecule has 1 atom stereocenters. The van der Waals surface area contributed by atoms with Gasteiger partial charge in [-0.3, -0.25) is 0 Å². The minimum Gasteiger partial charge on any atom is -0.314 e. The number of benzene rings is 1. The highest BCUT2D eigenvalue weighted by Crippen LogP contribution is 2.10. The number of halogens is 1. The van der Waals surface area contributed by atoms with Crippen LogP contribution < -0.4 is 5.32 Å². The van der Waals surface area contributed by atoms with Crippen LogP contribution in [0.5, 0.6) is 0 Å². The Labute approximate surface area is 97.8 Å². The highest BCUT2D eigenvalue weighted by molar-refractivity contribution is 6.30. The summed E-state index contributed by atoms with van der Waals surface area (Å²) in [6.45, 7) is 7.70. The van der Waals surface area contributed by atoms with Gasteiger partial charge in [0.2, 0.25) is 0 Å². The van der Waals surface area contributed by atoms with E-state index in [0.717, 1.165) is 18.0 Å². The van der Waals surface area contributed by atoms with Gasteiger partial charge >= 0.3 is 0 Å². The third-order valence-electron chi connectivity index (χ3n) is 2.77. The lowest BCUT2D eigenvalue weighted by atomic mass is 10.1. The van der Waals surface area contributed by atoms with Crippen LogP contribution in [0.4, 0.5) is 0 Å². The Kier molecular flexibility index (Phi) is 5.13. The zero-order valence-corrected chi connectivity index (χ0v) is 10.5. The summed E-state index contributed by atoms with van der Waals surface area (Å²) in [5, 5.41) is 4.33. The Bertz CT molecular complexity index is 296. The van der Waals surface area contributed by atoms with Crippen LogP contribution in [0.3, 0.4) is 0 Å². The minimum absolute atomic E-state index is 0.573. The van der Waals surface area contributed by atoms with Crippen molar-refractivity contribution in [3.63, 3.8) is 0 Å². The maximum atomic E-state index is 5.92. The van der Waals surface area contributed by atoms with E-state index in [9.17, 15) is 0 Å². The molecule has 0 aliphatic carbocycles. The standard InChI is InChI=1S/C13H20ClN/c1-10(2)11(3)15-8-7-12-5-4-6-13(14)9-12/h4-6,9-11,15H,7-8H2,1-3H3. The van der Waals surface area contributed by atoms with E-state index >= 15 is 0 Å². The molecule has 1 aromatic rings. The van der Waals surface area contributed by atoms with Crippen molar-refractivity contribution < 1.29 is 0 Å². The van der Waals surface area contributed by atoms with Gasteiger partial charge in [-0.15, -0.1) is 0 Å². The molecule has 0 saturated carbocycles. The first-order valence-electron chi connectivity index (χ1n) is 5.57. The van der Waals surface area contributed by atoms with Crippen LogP contribution in [0, 0.1) is 5.92 Å². The summed E-state index contributed by atoms with van der Waals surface area (Å²) in [4.78, 5) is 0. The lowest BCUT2D eigenvalue weighted by Gasteiger charge is -2.17. The number of hydrogen-bond donors (Lipinski definition) is 1. The van der Waals surface area contributed by atoms with Gasteiger partial charge in [0.15, 0.2) is 0 Å². The maximum Gasteiger partial charge on any atom is 0.0408 e. The molecule has 0 heterocycles. The summed E-state index contributed by atoms with van der Waals surface area (Å²) in [5.74, 6) is 0.685. The first-order valence-corrected chi connectivity index (χ1v) is 5.95. The monoisotopic (exact) mass is 225 g/mol. The van der Waals surface area contributed by atoms with E-state index in [1.165, 1.54) is 5.56 Å². The van der Waals surface area contributed by atoms with Crippen molar-refractivity contribution in [3.05, 3.63) is 34.9 Å². The summed E-state index contributed by atoms with van der Waals surface area (Å²) in [6.07, 6.45) is 1.04. The van der Waals surface area contributed by atoms with Gasteiger partial charge in [0.25, 0.3) is 0 Å². The number of hydrogen-bond acceptors (Lipinski definition) is 1. The molecule has 1 aromatic carbocycles. The van der Waals surface area contributed by atoms with Crippen molar-refractivity contribution in [1.82, 2.24) is 5.32 Å². The third-order valence-corrected chi connectivity index (χ3v) is 3.00. The van der Waals surface area contributed by atoms with E-state index in [1.54, 1.807) is 0 Å². The highest BCUT2D eigenvalue weighted by atomic mass is 35.5. The largest absolute Gasteiger partial charge is 0.314 e. The fourth-order valence-electron chi connectivity index (χ4n) is 1.37. The summed E-state index contributed by atoms with van der Waals surface area (Å²) in [7, 11) is 0. The van der Waals surface area contributed by atoms with Gasteiger partial charge in [0.05, 0.1) is 0 Å². The Balaban J connectivity index is 2.32. The predicted molar refractivity (Wildman–Crippen MR) is 67.5 cm³/mol. The molecule has 1 nitrogen and oxygen atoms in total. The lowest BCUT2D eigenvalue weighted by Crippen LogP contribution is -2.32. The SMILES string of the molecule is CC(C)C(C)NCCc1cccc(Cl)c1. The van der Waals surface area contributed by atoms with Gasteiger partial charge in [-0.1, -0.05) is 37.6 Å². The molecule has 1 N–H and O–H groups in total. The van der Waals surface area contributed by atoms with Crippen LogP contribution >= 0.6 is 11.6 Å². The Morgan fingerprint density at radius 2 is 2.00 bits per heavy atom. The summed E-state index contributed by atoms with van der Waals surface area (Å²) in [5.41, 5.74) is 1.30. The Hall–Kier alpha value is -0.530. The third kappa shape index (κ3) is 4.67. The molecule has 0 bridgehead atoms. The normalized spacial score (nSPS) is 13.1. The van der Waals surface area contributed by atoms with E-state index in [0.29, 0.717) is 12.0 Å². The van der Waals surface area contributed by atoms with E-state index in [-0.39, 0.29) is 0 Å². The second-order valence-electron chi connectivity index (χ2n) is 4.37. The quantitative estimate of drug-likeness (QED) is 0.809. The van der Waals surface area contributed by atoms with E-state index in [2.05, 4.69) is 32.2 Å². The molecule has 0 aliphatic rings. The Morgan fingerprint density at radius 3 is 2.60 bits per heavy atom. The molecule has 0 aromatic heterocycles. The maximum absolute atomic E-state index is 5.92. The van der Waals surface area contributed by atoms with E-state index in [4.69, 9.17) is 11.6 Å². The minimum atomic E-state index is 0.573. The number of nitrogens with one attached hydrogen (secondary N) is 1. The molecule has 1 unspecified atom stereocenters. The smallest absolute Gasteiger partial charge is 0.0408 e. The van der Waals surface area contributed by atoms with E-state index < -0.39 is 0 Å². The molecule has 84 valence electrons. The van der Waals surface area contributed by atoms with Gasteiger partial charge in [-0.2, -0.15) is 0 Å². The second-order valence-corrected chi connectivity index (χ2v) is 4.80. The molecule has 0 spiro atoms. The fraction of sp³-hybridized carbons (Fsp3) is 0.538. The summed E-state index contributed by atoms with van der Waals surface area (Å²) in [6, 6.07) is 8.64. The van der Waals surface area contributed by atoms with Crippen molar-refractivity contribution in [3.8, 4) is 0 Å². The molecule has 0 saturated heterocycles. The van der Waals surface area contributed by atoms with Crippen molar-refractivity contribution in [2.24, 2.45) is 5.92 Å². The summed E-state index contributed by atoms with van der Waals surface area (Å²) >= 11 is 5.92. The molecule has 1 rings (SSSR count). The van der Waals surface area contributed by atoms with Crippen LogP contribution in [-0.4, -0.2) is 12.6 Å². The predicted octanol–water partition coefficient (Wildman–Crippen LogP) is 3.52. The van der Waals surface area contributed by atoms with Gasteiger partial charge in [-0.25, -0.2) is 0 Å². The molecule has 0 amide bonds. The number of rotatable bonds is 5. The molecule has 15 heavy (non-hydrogen) atoms. The molecule has 2 heteroatoms. The van der Waals surface area contributed by atoms with Crippen molar-refractivity contribution in [2.45, 2.75) is 33.2 Å². The van der Waals surface area contributed by atoms with Crippen LogP contribution in [-0.2, 0) is 6.42 Å². The van der Waals surface area contributed by atoms with Gasteiger partial charge in [-0.05, 0) is 43.5 Å². The molecular weight excluding hydrogens is 206 g/mol. The molecule has 0 fully saturated rings. The Morgan fingerprint density at radius 1 is 1.27 bits per heavy atom. The van der Waals surface area contributed by atoms with Crippen molar-refractivity contribution >= 4 is 11.6 Å². The second kappa shape index (κ2) is 6.14. The van der Waals surface area contributed by atoms with Gasteiger partial charge < -0.3 is 5.32 Å². The average molecular weight is 226 g/mol. The van der Waals surface area contributed by atoms with Crippen LogP contribution in [0.1, 0.15) is 26.3 Å². The zero-order chi connectivity index (χ0) is 11.3. The van der Waals surface area contributed by atoms with Crippen LogP contribution in [0.25, 0.3) is 0 Å². The first-order chi connectivity index (χ1) is 7.09. The molecular formula is C13H20ClN. The van der Waals surface area contributed by atoms with E-state index in [1.807, 2.05) is 18.2 Å². The molecule has 0 aliphatic heterocycles. The summed E-state index contributed by atoms with van der Waals surface area (Å²) < 4.78 is 0. The van der Waals surface area contributed by atoms with Gasteiger partial charge in [0, 0.05) is 11.1 Å². The van der Waals surface area contributed by atoms with Crippen LogP contribution in [0.15, 0.2) is 24.3 Å². The zero-order valence-electron chi connectivity index (χ0n) is 9.76. The van der Waals surface area contributed by atoms with Crippen molar-refractivity contribution in [2.75, 3.05) is 6.54 Å². The highest BCUT2D eigenvalue weighted by Gasteiger charge is 2.04. The topological polar surface area (TPSA) is 12.0 Å². The first kappa shape index (κ1) is 12.5. The fourth-order valence-corrected chi connectivity index (χ4v) is 1.59. The van der Waals surface area contributed by atoms with Gasteiger partial charge in [0.1, 0.15) is 0 Å². The molecule has 0 radical (unpaired) electrons. The average Bonchev–Trinajstić information content (AvgIpc) is 2.17. The lowest BCUT2D eigenvalue weighted by molar-refractivity contribution is 0.430. The van der Waals surface area contributed by atoms with Crippen LogP contribution in [0.2, 0.25) is 5.02 Å². The van der Waals surface area contributed by atoms with Crippen molar-refractivity contribution in [1.29, 1.82) is 0 Å².